The third-order valence-electron chi connectivity index (χ3n) is 1.51. The third kappa shape index (κ3) is 9.66. The van der Waals surface area contributed by atoms with Gasteiger partial charge in [-0.1, -0.05) is 12.2 Å². The molecule has 0 heterocycles. The molecular weight excluding hydrogens is 138 g/mol. The molecule has 0 atom stereocenters. The van der Waals surface area contributed by atoms with Crippen LogP contribution in [0.3, 0.4) is 0 Å². The number of allylic oxidation sites excluding steroid dienone is 1. The molecule has 0 aliphatic carbocycles. The smallest absolute Gasteiger partial charge is 0.0431 e. The molecule has 0 aromatic heterocycles. The number of hydrogen-bond donors (Lipinski definition) is 2. The fraction of sp³-hybridized carbons (Fsp3) is 0.778. The number of aliphatic hydroxyl groups is 1. The van der Waals surface area contributed by atoms with Crippen LogP contribution in [0.4, 0.5) is 0 Å². The highest BCUT2D eigenvalue weighted by atomic mass is 16.2. The SMILES string of the molecule is C/C=C/CNCCCCCO. The largest absolute Gasteiger partial charge is 0.396 e. The van der Waals surface area contributed by atoms with Gasteiger partial charge in [-0.3, -0.25) is 0 Å². The molecule has 0 fully saturated rings. The highest BCUT2D eigenvalue weighted by molar-refractivity contribution is 4.78. The zero-order valence-corrected chi connectivity index (χ0v) is 7.34. The molecule has 66 valence electrons. The molecule has 0 aromatic rings. The highest BCUT2D eigenvalue weighted by Crippen LogP contribution is 1.91. The normalized spacial score (nSPS) is 11.1. The van der Waals surface area contributed by atoms with E-state index in [1.54, 1.807) is 0 Å². The Labute approximate surface area is 69.3 Å². The maximum atomic E-state index is 8.48. The van der Waals surface area contributed by atoms with Crippen molar-refractivity contribution >= 4 is 0 Å². The molecule has 0 bridgehead atoms. The van der Waals surface area contributed by atoms with Gasteiger partial charge in [-0.05, 0) is 32.7 Å². The Bertz CT molecular complexity index is 91.6. The van der Waals surface area contributed by atoms with E-state index < -0.39 is 0 Å². The molecule has 0 amide bonds. The number of aliphatic hydroxyl groups excluding tert-OH is 1. The van der Waals surface area contributed by atoms with E-state index in [-0.39, 0.29) is 0 Å². The third-order valence-corrected chi connectivity index (χ3v) is 1.51. The summed E-state index contributed by atoms with van der Waals surface area (Å²) in [6.07, 6.45) is 7.37. The van der Waals surface area contributed by atoms with Crippen molar-refractivity contribution in [1.82, 2.24) is 5.32 Å². The lowest BCUT2D eigenvalue weighted by molar-refractivity contribution is 0.283. The second-order valence-corrected chi connectivity index (χ2v) is 2.56. The van der Waals surface area contributed by atoms with Crippen LogP contribution in [0, 0.1) is 0 Å². The predicted molar refractivity (Wildman–Crippen MR) is 48.6 cm³/mol. The van der Waals surface area contributed by atoms with E-state index >= 15 is 0 Å². The molecule has 2 N–H and O–H groups in total. The summed E-state index contributed by atoms with van der Waals surface area (Å²) in [5.41, 5.74) is 0. The molecule has 11 heavy (non-hydrogen) atoms. The van der Waals surface area contributed by atoms with Crippen molar-refractivity contribution in [3.05, 3.63) is 12.2 Å². The quantitative estimate of drug-likeness (QED) is 0.431. The van der Waals surface area contributed by atoms with E-state index in [0.29, 0.717) is 6.61 Å². The summed E-state index contributed by atoms with van der Waals surface area (Å²) in [5.74, 6) is 0. The minimum Gasteiger partial charge on any atom is -0.396 e. The van der Waals surface area contributed by atoms with E-state index in [9.17, 15) is 0 Å². The Balaban J connectivity index is 2.79. The van der Waals surface area contributed by atoms with Crippen LogP contribution in [-0.2, 0) is 0 Å². The van der Waals surface area contributed by atoms with Gasteiger partial charge in [0.2, 0.25) is 0 Å². The van der Waals surface area contributed by atoms with Gasteiger partial charge in [0.05, 0.1) is 0 Å². The van der Waals surface area contributed by atoms with Gasteiger partial charge < -0.3 is 10.4 Å². The number of nitrogens with one attached hydrogen (secondary N) is 1. The van der Waals surface area contributed by atoms with Gasteiger partial charge in [-0.25, -0.2) is 0 Å². The second-order valence-electron chi connectivity index (χ2n) is 2.56. The molecule has 0 unspecified atom stereocenters. The minimum absolute atomic E-state index is 0.328. The number of hydrogen-bond acceptors (Lipinski definition) is 2. The first kappa shape index (κ1) is 10.7. The van der Waals surface area contributed by atoms with Crippen molar-refractivity contribution in [1.29, 1.82) is 0 Å². The monoisotopic (exact) mass is 157 g/mol. The predicted octanol–water partition coefficient (Wildman–Crippen LogP) is 1.31. The molecule has 0 aliphatic heterocycles. The van der Waals surface area contributed by atoms with E-state index in [1.165, 1.54) is 0 Å². The fourth-order valence-electron chi connectivity index (χ4n) is 0.842. The van der Waals surface area contributed by atoms with Gasteiger partial charge in [0.25, 0.3) is 0 Å². The molecule has 0 rings (SSSR count). The summed E-state index contributed by atoms with van der Waals surface area (Å²) >= 11 is 0. The van der Waals surface area contributed by atoms with Crippen molar-refractivity contribution in [2.24, 2.45) is 0 Å². The molecule has 0 spiro atoms. The van der Waals surface area contributed by atoms with E-state index in [1.807, 2.05) is 13.0 Å². The van der Waals surface area contributed by atoms with Gasteiger partial charge in [-0.15, -0.1) is 0 Å². The number of unbranched alkanes of at least 4 members (excludes halogenated alkanes) is 2. The Hall–Kier alpha value is -0.340. The molecular formula is C9H19NO. The van der Waals surface area contributed by atoms with Crippen molar-refractivity contribution in [2.45, 2.75) is 26.2 Å². The van der Waals surface area contributed by atoms with Crippen LogP contribution in [0.15, 0.2) is 12.2 Å². The Morgan fingerprint density at radius 2 is 2.09 bits per heavy atom. The Kier molecular flexibility index (Phi) is 9.36. The van der Waals surface area contributed by atoms with Crippen LogP contribution in [0.2, 0.25) is 0 Å². The van der Waals surface area contributed by atoms with Crippen LogP contribution in [0.5, 0.6) is 0 Å². The van der Waals surface area contributed by atoms with Crippen molar-refractivity contribution in [3.8, 4) is 0 Å². The first-order valence-corrected chi connectivity index (χ1v) is 4.34. The molecule has 0 radical (unpaired) electrons. The molecule has 0 saturated carbocycles. The molecule has 2 heteroatoms. The van der Waals surface area contributed by atoms with Gasteiger partial charge >= 0.3 is 0 Å². The van der Waals surface area contributed by atoms with Crippen LogP contribution in [0.1, 0.15) is 26.2 Å². The first-order valence-electron chi connectivity index (χ1n) is 4.34. The van der Waals surface area contributed by atoms with Crippen LogP contribution < -0.4 is 5.32 Å². The van der Waals surface area contributed by atoms with Crippen molar-refractivity contribution in [3.63, 3.8) is 0 Å². The highest BCUT2D eigenvalue weighted by Gasteiger charge is 1.85. The lowest BCUT2D eigenvalue weighted by Crippen LogP contribution is -2.14. The maximum Gasteiger partial charge on any atom is 0.0431 e. The summed E-state index contributed by atoms with van der Waals surface area (Å²) < 4.78 is 0. The summed E-state index contributed by atoms with van der Waals surface area (Å²) in [5, 5.41) is 11.8. The second kappa shape index (κ2) is 9.66. The molecule has 0 aliphatic rings. The zero-order valence-electron chi connectivity index (χ0n) is 7.34. The average Bonchev–Trinajstić information content (AvgIpc) is 2.03. The average molecular weight is 157 g/mol. The summed E-state index contributed by atoms with van der Waals surface area (Å²) in [6, 6.07) is 0. The lowest BCUT2D eigenvalue weighted by atomic mass is 10.2. The van der Waals surface area contributed by atoms with Gasteiger partial charge in [0.15, 0.2) is 0 Å². The van der Waals surface area contributed by atoms with Crippen LogP contribution >= 0.6 is 0 Å². The van der Waals surface area contributed by atoms with E-state index in [0.717, 1.165) is 32.4 Å². The zero-order chi connectivity index (χ0) is 8.36. The van der Waals surface area contributed by atoms with Gasteiger partial charge in [0.1, 0.15) is 0 Å². The van der Waals surface area contributed by atoms with Crippen molar-refractivity contribution < 1.29 is 5.11 Å². The van der Waals surface area contributed by atoms with Crippen LogP contribution in [0.25, 0.3) is 0 Å². The Morgan fingerprint density at radius 1 is 1.27 bits per heavy atom. The molecule has 0 aromatic carbocycles. The first-order chi connectivity index (χ1) is 5.41. The topological polar surface area (TPSA) is 32.3 Å². The van der Waals surface area contributed by atoms with Gasteiger partial charge in [-0.2, -0.15) is 0 Å². The molecule has 2 nitrogen and oxygen atoms in total. The summed E-state index contributed by atoms with van der Waals surface area (Å²) in [4.78, 5) is 0. The molecule has 0 saturated heterocycles. The number of rotatable bonds is 7. The fourth-order valence-corrected chi connectivity index (χ4v) is 0.842. The van der Waals surface area contributed by atoms with E-state index in [4.69, 9.17) is 5.11 Å². The standard InChI is InChI=1S/C9H19NO/c1-2-3-7-10-8-5-4-6-9-11/h2-3,10-11H,4-9H2,1H3/b3-2+. The van der Waals surface area contributed by atoms with Crippen LogP contribution in [-0.4, -0.2) is 24.8 Å². The van der Waals surface area contributed by atoms with Crippen molar-refractivity contribution in [2.75, 3.05) is 19.7 Å². The van der Waals surface area contributed by atoms with E-state index in [2.05, 4.69) is 11.4 Å². The summed E-state index contributed by atoms with van der Waals surface area (Å²) in [7, 11) is 0. The minimum atomic E-state index is 0.328. The maximum absolute atomic E-state index is 8.48. The summed E-state index contributed by atoms with van der Waals surface area (Å²) in [6.45, 7) is 4.38. The Morgan fingerprint density at radius 3 is 2.73 bits per heavy atom. The lowest BCUT2D eigenvalue weighted by Gasteiger charge is -1.99. The van der Waals surface area contributed by atoms with Gasteiger partial charge in [0, 0.05) is 13.2 Å².